The quantitative estimate of drug-likeness (QED) is 0.121. The maximum absolute atomic E-state index is 11.5. The molecule has 0 spiro atoms. The number of phenols is 2. The van der Waals surface area contributed by atoms with Crippen molar-refractivity contribution in [2.75, 3.05) is 46.8 Å². The van der Waals surface area contributed by atoms with Crippen molar-refractivity contribution in [2.24, 2.45) is 0 Å². The summed E-state index contributed by atoms with van der Waals surface area (Å²) < 4.78 is 22.3. The van der Waals surface area contributed by atoms with Gasteiger partial charge in [-0.05, 0) is 65.9 Å². The summed E-state index contributed by atoms with van der Waals surface area (Å²) in [5, 5.41) is 39.8. The molecule has 0 aliphatic heterocycles. The molecule has 0 aliphatic carbocycles. The number of carboxylic acids is 2. The zero-order chi connectivity index (χ0) is 31.2. The van der Waals surface area contributed by atoms with Gasteiger partial charge in [0, 0.05) is 18.2 Å². The average Bonchev–Trinajstić information content (AvgIpc) is 2.98. The minimum atomic E-state index is -1.25. The molecule has 10 nitrogen and oxygen atoms in total. The van der Waals surface area contributed by atoms with Gasteiger partial charge < -0.3 is 39.4 Å². The Kier molecular flexibility index (Phi) is 13.3. The van der Waals surface area contributed by atoms with Crippen molar-refractivity contribution in [3.8, 4) is 39.5 Å². The number of ether oxygens (including phenoxy) is 4. The summed E-state index contributed by atoms with van der Waals surface area (Å²) in [5.74, 6) is -2.84. The Bertz CT molecular complexity index is 1280. The Morgan fingerprint density at radius 1 is 0.674 bits per heavy atom. The molecular weight excluding hydrogens is 556 g/mol. The largest absolute Gasteiger partial charge is 0.507 e. The first kappa shape index (κ1) is 33.4. The van der Waals surface area contributed by atoms with Crippen LogP contribution in [0.15, 0.2) is 48.5 Å². The number of rotatable bonds is 19. The van der Waals surface area contributed by atoms with Gasteiger partial charge in [0.15, 0.2) is 0 Å². The van der Waals surface area contributed by atoms with Crippen LogP contribution in [0.4, 0.5) is 0 Å². The van der Waals surface area contributed by atoms with E-state index in [0.29, 0.717) is 54.4 Å². The van der Waals surface area contributed by atoms with Crippen LogP contribution in [-0.4, -0.2) is 79.1 Å². The second-order valence-electron chi connectivity index (χ2n) is 9.97. The molecule has 232 valence electrons. The summed E-state index contributed by atoms with van der Waals surface area (Å²) in [4.78, 5) is 23.1. The van der Waals surface area contributed by atoms with Crippen molar-refractivity contribution >= 4 is 11.9 Å². The lowest BCUT2D eigenvalue weighted by Crippen LogP contribution is -2.13. The number of hydrogen-bond donors (Lipinski definition) is 4. The van der Waals surface area contributed by atoms with Gasteiger partial charge in [0.05, 0.1) is 33.0 Å². The SMILES string of the molecule is CCCCCCc1cc(-c2ccc(C(=O)O)c(O)c2)c(OCCOCCOCCOC)c(-c2ccc(C(=O)O)c(O)c2)c1. The molecule has 4 N–H and O–H groups in total. The fraction of sp³-hybridized carbons (Fsp3) is 0.394. The van der Waals surface area contributed by atoms with Crippen molar-refractivity contribution in [3.63, 3.8) is 0 Å². The van der Waals surface area contributed by atoms with Crippen LogP contribution < -0.4 is 4.74 Å². The Labute approximate surface area is 251 Å². The first-order chi connectivity index (χ1) is 20.8. The highest BCUT2D eigenvalue weighted by molar-refractivity contribution is 5.94. The lowest BCUT2D eigenvalue weighted by Gasteiger charge is -2.20. The highest BCUT2D eigenvalue weighted by Crippen LogP contribution is 2.43. The highest BCUT2D eigenvalue weighted by Gasteiger charge is 2.20. The Balaban J connectivity index is 2.03. The molecule has 0 fully saturated rings. The highest BCUT2D eigenvalue weighted by atomic mass is 16.6. The lowest BCUT2D eigenvalue weighted by atomic mass is 9.91. The standard InChI is InChI=1S/C33H40O10/c1-3-4-5-6-7-22-18-27(23-8-10-25(32(36)37)29(34)20-23)31(43-17-16-42-15-14-41-13-12-40-2)28(19-22)24-9-11-26(33(38)39)30(35)21-24/h8-11,18-21,34-35H,3-7,12-17H2,1-2H3,(H,36,37)(H,38,39). The van der Waals surface area contributed by atoms with Crippen molar-refractivity contribution in [3.05, 3.63) is 65.2 Å². The van der Waals surface area contributed by atoms with E-state index >= 15 is 0 Å². The molecule has 0 aromatic heterocycles. The second kappa shape index (κ2) is 17.1. The average molecular weight is 597 g/mol. The Morgan fingerprint density at radius 3 is 1.65 bits per heavy atom. The Hall–Kier alpha value is -4.12. The molecule has 0 atom stereocenters. The van der Waals surface area contributed by atoms with Crippen LogP contribution in [0.1, 0.15) is 58.9 Å². The molecule has 0 radical (unpaired) electrons. The zero-order valence-electron chi connectivity index (χ0n) is 24.6. The van der Waals surface area contributed by atoms with Gasteiger partial charge >= 0.3 is 11.9 Å². The molecule has 0 heterocycles. The number of methoxy groups -OCH3 is 1. The number of benzene rings is 3. The number of unbranched alkanes of at least 4 members (excludes halogenated alkanes) is 3. The molecule has 0 saturated carbocycles. The van der Waals surface area contributed by atoms with Gasteiger partial charge in [-0.1, -0.05) is 38.3 Å². The molecule has 10 heteroatoms. The normalized spacial score (nSPS) is 11.0. The summed E-state index contributed by atoms with van der Waals surface area (Å²) in [5.41, 5.74) is 2.82. The van der Waals surface area contributed by atoms with Gasteiger partial charge in [-0.25, -0.2) is 9.59 Å². The number of hydrogen-bond acceptors (Lipinski definition) is 8. The predicted octanol–water partition coefficient (Wildman–Crippen LogP) is 6.01. The van der Waals surface area contributed by atoms with E-state index in [1.807, 2.05) is 12.1 Å². The van der Waals surface area contributed by atoms with Gasteiger partial charge in [-0.15, -0.1) is 0 Å². The van der Waals surface area contributed by atoms with Crippen LogP contribution in [0.3, 0.4) is 0 Å². The summed E-state index contributed by atoms with van der Waals surface area (Å²) in [7, 11) is 1.60. The summed E-state index contributed by atoms with van der Waals surface area (Å²) in [6.07, 6.45) is 4.95. The molecular formula is C33H40O10. The minimum Gasteiger partial charge on any atom is -0.507 e. The van der Waals surface area contributed by atoms with Crippen LogP contribution in [-0.2, 0) is 20.6 Å². The third-order valence-electron chi connectivity index (χ3n) is 6.82. The fourth-order valence-corrected chi connectivity index (χ4v) is 4.60. The number of aryl methyl sites for hydroxylation is 1. The van der Waals surface area contributed by atoms with Crippen LogP contribution in [0.2, 0.25) is 0 Å². The third kappa shape index (κ3) is 9.71. The first-order valence-corrected chi connectivity index (χ1v) is 14.3. The van der Waals surface area contributed by atoms with E-state index in [9.17, 15) is 30.0 Å². The van der Waals surface area contributed by atoms with Crippen molar-refractivity contribution in [1.82, 2.24) is 0 Å². The lowest BCUT2D eigenvalue weighted by molar-refractivity contribution is 0.0180. The van der Waals surface area contributed by atoms with Crippen molar-refractivity contribution in [1.29, 1.82) is 0 Å². The first-order valence-electron chi connectivity index (χ1n) is 14.3. The van der Waals surface area contributed by atoms with Crippen LogP contribution in [0.25, 0.3) is 22.3 Å². The van der Waals surface area contributed by atoms with E-state index in [4.69, 9.17) is 18.9 Å². The number of aromatic carboxylic acids is 2. The van der Waals surface area contributed by atoms with Gasteiger partial charge in [-0.3, -0.25) is 0 Å². The summed E-state index contributed by atoms with van der Waals surface area (Å²) in [6.45, 7) is 4.27. The molecule has 0 bridgehead atoms. The fourth-order valence-electron chi connectivity index (χ4n) is 4.60. The van der Waals surface area contributed by atoms with Crippen molar-refractivity contribution in [2.45, 2.75) is 39.0 Å². The molecule has 0 unspecified atom stereocenters. The second-order valence-corrected chi connectivity index (χ2v) is 9.97. The van der Waals surface area contributed by atoms with E-state index in [1.54, 1.807) is 19.2 Å². The third-order valence-corrected chi connectivity index (χ3v) is 6.82. The molecule has 3 aromatic rings. The molecule has 0 aliphatic rings. The molecule has 43 heavy (non-hydrogen) atoms. The maximum atomic E-state index is 11.5. The Morgan fingerprint density at radius 2 is 1.19 bits per heavy atom. The van der Waals surface area contributed by atoms with E-state index in [0.717, 1.165) is 37.7 Å². The number of aromatic hydroxyl groups is 2. The smallest absolute Gasteiger partial charge is 0.339 e. The van der Waals surface area contributed by atoms with Gasteiger partial charge in [-0.2, -0.15) is 0 Å². The maximum Gasteiger partial charge on any atom is 0.339 e. The van der Waals surface area contributed by atoms with Gasteiger partial charge in [0.2, 0.25) is 0 Å². The van der Waals surface area contributed by atoms with Gasteiger partial charge in [0.1, 0.15) is 35.0 Å². The van der Waals surface area contributed by atoms with E-state index < -0.39 is 11.9 Å². The summed E-state index contributed by atoms with van der Waals surface area (Å²) >= 11 is 0. The van der Waals surface area contributed by atoms with Crippen LogP contribution >= 0.6 is 0 Å². The zero-order valence-corrected chi connectivity index (χ0v) is 24.6. The monoisotopic (exact) mass is 596 g/mol. The topological polar surface area (TPSA) is 152 Å². The molecule has 3 rings (SSSR count). The number of carboxylic acid groups (broad SMARTS) is 2. The summed E-state index contributed by atoms with van der Waals surface area (Å²) in [6, 6.07) is 12.6. The molecule has 0 amide bonds. The van der Waals surface area contributed by atoms with E-state index in [1.165, 1.54) is 24.3 Å². The molecule has 3 aromatic carbocycles. The van der Waals surface area contributed by atoms with E-state index in [2.05, 4.69) is 6.92 Å². The van der Waals surface area contributed by atoms with Crippen molar-refractivity contribution < 1.29 is 49.0 Å². The number of carbonyl (C=O) groups is 2. The van der Waals surface area contributed by atoms with Crippen LogP contribution in [0, 0.1) is 0 Å². The molecule has 0 saturated heterocycles. The van der Waals surface area contributed by atoms with E-state index in [-0.39, 0.29) is 35.8 Å². The van der Waals surface area contributed by atoms with Crippen LogP contribution in [0.5, 0.6) is 17.2 Å². The van der Waals surface area contributed by atoms with Gasteiger partial charge in [0.25, 0.3) is 0 Å². The minimum absolute atomic E-state index is 0.159. The predicted molar refractivity (Wildman–Crippen MR) is 161 cm³/mol.